The molecule has 4 heteroatoms. The first kappa shape index (κ1) is 14.4. The average molecular weight is 300 g/mol. The van der Waals surface area contributed by atoms with Gasteiger partial charge in [-0.3, -0.25) is 0 Å². The second-order valence-electron chi connectivity index (χ2n) is 4.42. The highest BCUT2D eigenvalue weighted by molar-refractivity contribution is 9.10. The highest BCUT2D eigenvalue weighted by Gasteiger charge is 2.06. The molecule has 0 radical (unpaired) electrons. The Balaban J connectivity index is 2.47. The summed E-state index contributed by atoms with van der Waals surface area (Å²) in [5, 5.41) is 3.41. The molecule has 1 N–H and O–H groups in total. The second-order valence-corrected chi connectivity index (χ2v) is 5.23. The summed E-state index contributed by atoms with van der Waals surface area (Å²) in [6.45, 7) is 7.40. The monoisotopic (exact) mass is 299 g/mol. The van der Waals surface area contributed by atoms with E-state index in [0.717, 1.165) is 28.7 Å². The molecular weight excluding hydrogens is 278 g/mol. The predicted molar refractivity (Wildman–Crippen MR) is 76.3 cm³/mol. The molecular formula is C13H22BrN3. The number of halogens is 1. The minimum atomic E-state index is 0.740. The minimum absolute atomic E-state index is 0.740. The van der Waals surface area contributed by atoms with Crippen LogP contribution in [0, 0.1) is 12.8 Å². The Morgan fingerprint density at radius 1 is 1.35 bits per heavy atom. The van der Waals surface area contributed by atoms with Crippen LogP contribution < -0.4 is 5.32 Å². The number of nitrogens with zero attached hydrogens (tertiary/aromatic N) is 2. The SMILES string of the molecule is CCCCC(CC)CNc1cc(Br)nc(C)n1. The summed E-state index contributed by atoms with van der Waals surface area (Å²) in [6.07, 6.45) is 5.10. The van der Waals surface area contributed by atoms with Gasteiger partial charge in [-0.25, -0.2) is 9.97 Å². The molecule has 0 saturated carbocycles. The van der Waals surface area contributed by atoms with Crippen molar-refractivity contribution in [3.05, 3.63) is 16.5 Å². The number of aryl methyl sites for hydroxylation is 1. The van der Waals surface area contributed by atoms with Gasteiger partial charge in [0, 0.05) is 12.6 Å². The van der Waals surface area contributed by atoms with Crippen molar-refractivity contribution in [3.8, 4) is 0 Å². The molecule has 1 heterocycles. The summed E-state index contributed by atoms with van der Waals surface area (Å²) in [5.41, 5.74) is 0. The van der Waals surface area contributed by atoms with E-state index >= 15 is 0 Å². The zero-order chi connectivity index (χ0) is 12.7. The van der Waals surface area contributed by atoms with Gasteiger partial charge in [0.25, 0.3) is 0 Å². The van der Waals surface area contributed by atoms with E-state index in [-0.39, 0.29) is 0 Å². The molecule has 0 aliphatic carbocycles. The molecule has 17 heavy (non-hydrogen) atoms. The first-order valence-electron chi connectivity index (χ1n) is 6.40. The van der Waals surface area contributed by atoms with Crippen molar-refractivity contribution in [2.24, 2.45) is 5.92 Å². The first-order valence-corrected chi connectivity index (χ1v) is 7.20. The summed E-state index contributed by atoms with van der Waals surface area (Å²) in [5.74, 6) is 2.45. The molecule has 0 aliphatic rings. The van der Waals surface area contributed by atoms with Crippen LogP contribution in [0.5, 0.6) is 0 Å². The van der Waals surface area contributed by atoms with Crippen LogP contribution in [0.25, 0.3) is 0 Å². The maximum absolute atomic E-state index is 4.37. The van der Waals surface area contributed by atoms with Gasteiger partial charge in [0.1, 0.15) is 16.2 Å². The molecule has 1 atom stereocenters. The number of nitrogens with one attached hydrogen (secondary N) is 1. The lowest BCUT2D eigenvalue weighted by Gasteiger charge is -2.15. The standard InChI is InChI=1S/C13H22BrN3/c1-4-6-7-11(5-2)9-15-13-8-12(14)16-10(3)17-13/h8,11H,4-7,9H2,1-3H3,(H,15,16,17). The molecule has 0 aromatic carbocycles. The lowest BCUT2D eigenvalue weighted by atomic mass is 9.99. The van der Waals surface area contributed by atoms with Crippen molar-refractivity contribution in [2.45, 2.75) is 46.5 Å². The molecule has 1 rings (SSSR count). The molecule has 0 amide bonds. The molecule has 3 nitrogen and oxygen atoms in total. The van der Waals surface area contributed by atoms with Crippen LogP contribution in [0.1, 0.15) is 45.4 Å². The Morgan fingerprint density at radius 3 is 2.71 bits per heavy atom. The lowest BCUT2D eigenvalue weighted by molar-refractivity contribution is 0.472. The Hall–Kier alpha value is -0.640. The zero-order valence-electron chi connectivity index (χ0n) is 11.0. The Bertz CT molecular complexity index is 321. The van der Waals surface area contributed by atoms with E-state index in [1.54, 1.807) is 0 Å². The van der Waals surface area contributed by atoms with E-state index in [9.17, 15) is 0 Å². The lowest BCUT2D eigenvalue weighted by Crippen LogP contribution is -2.14. The van der Waals surface area contributed by atoms with Gasteiger partial charge in [-0.2, -0.15) is 0 Å². The van der Waals surface area contributed by atoms with Crippen molar-refractivity contribution < 1.29 is 0 Å². The summed E-state index contributed by atoms with van der Waals surface area (Å²) >= 11 is 3.39. The van der Waals surface area contributed by atoms with Crippen LogP contribution in [-0.4, -0.2) is 16.5 Å². The topological polar surface area (TPSA) is 37.8 Å². The average Bonchev–Trinajstić information content (AvgIpc) is 2.28. The summed E-state index contributed by atoms with van der Waals surface area (Å²) in [4.78, 5) is 8.57. The number of hydrogen-bond acceptors (Lipinski definition) is 3. The number of unbranched alkanes of at least 4 members (excludes halogenated alkanes) is 1. The van der Waals surface area contributed by atoms with Crippen molar-refractivity contribution in [1.82, 2.24) is 9.97 Å². The van der Waals surface area contributed by atoms with Crippen LogP contribution in [0.3, 0.4) is 0 Å². The van der Waals surface area contributed by atoms with Gasteiger partial charge in [0.2, 0.25) is 0 Å². The van der Waals surface area contributed by atoms with E-state index in [4.69, 9.17) is 0 Å². The third-order valence-corrected chi connectivity index (χ3v) is 3.33. The molecule has 0 bridgehead atoms. The smallest absolute Gasteiger partial charge is 0.130 e. The molecule has 0 aliphatic heterocycles. The van der Waals surface area contributed by atoms with Crippen molar-refractivity contribution in [2.75, 3.05) is 11.9 Å². The third kappa shape index (κ3) is 5.48. The van der Waals surface area contributed by atoms with E-state index in [1.807, 2.05) is 13.0 Å². The quantitative estimate of drug-likeness (QED) is 0.768. The fourth-order valence-electron chi connectivity index (χ4n) is 1.81. The molecule has 1 aromatic heterocycles. The van der Waals surface area contributed by atoms with Crippen LogP contribution in [-0.2, 0) is 0 Å². The fourth-order valence-corrected chi connectivity index (χ4v) is 2.29. The van der Waals surface area contributed by atoms with E-state index in [0.29, 0.717) is 0 Å². The van der Waals surface area contributed by atoms with Crippen LogP contribution >= 0.6 is 15.9 Å². The molecule has 0 spiro atoms. The highest BCUT2D eigenvalue weighted by Crippen LogP contribution is 2.16. The Morgan fingerprint density at radius 2 is 2.12 bits per heavy atom. The first-order chi connectivity index (χ1) is 8.15. The van der Waals surface area contributed by atoms with Crippen molar-refractivity contribution in [3.63, 3.8) is 0 Å². The van der Waals surface area contributed by atoms with E-state index in [1.165, 1.54) is 25.7 Å². The van der Waals surface area contributed by atoms with Crippen LogP contribution in [0.2, 0.25) is 0 Å². The van der Waals surface area contributed by atoms with Gasteiger partial charge < -0.3 is 5.32 Å². The Labute approximate surface area is 113 Å². The van der Waals surface area contributed by atoms with E-state index < -0.39 is 0 Å². The molecule has 96 valence electrons. The van der Waals surface area contributed by atoms with Crippen LogP contribution in [0.15, 0.2) is 10.7 Å². The number of aromatic nitrogens is 2. The Kier molecular flexibility index (Phi) is 6.48. The van der Waals surface area contributed by atoms with Gasteiger partial charge in [-0.1, -0.05) is 33.1 Å². The number of anilines is 1. The minimum Gasteiger partial charge on any atom is -0.370 e. The largest absolute Gasteiger partial charge is 0.370 e. The molecule has 1 aromatic rings. The third-order valence-electron chi connectivity index (χ3n) is 2.92. The van der Waals surface area contributed by atoms with Gasteiger partial charge in [-0.05, 0) is 35.2 Å². The van der Waals surface area contributed by atoms with Crippen LogP contribution in [0.4, 0.5) is 5.82 Å². The second kappa shape index (κ2) is 7.64. The summed E-state index contributed by atoms with van der Waals surface area (Å²) < 4.78 is 0.842. The zero-order valence-corrected chi connectivity index (χ0v) is 12.5. The highest BCUT2D eigenvalue weighted by atomic mass is 79.9. The molecule has 0 saturated heterocycles. The maximum atomic E-state index is 4.37. The normalized spacial score (nSPS) is 12.5. The van der Waals surface area contributed by atoms with Gasteiger partial charge >= 0.3 is 0 Å². The maximum Gasteiger partial charge on any atom is 0.130 e. The predicted octanol–water partition coefficient (Wildman–Crippen LogP) is 4.18. The van der Waals surface area contributed by atoms with Crippen molar-refractivity contribution in [1.29, 1.82) is 0 Å². The van der Waals surface area contributed by atoms with Gasteiger partial charge in [-0.15, -0.1) is 0 Å². The van der Waals surface area contributed by atoms with Crippen molar-refractivity contribution >= 4 is 21.7 Å². The number of hydrogen-bond donors (Lipinski definition) is 1. The van der Waals surface area contributed by atoms with E-state index in [2.05, 4.69) is 45.1 Å². The number of rotatable bonds is 7. The fraction of sp³-hybridized carbons (Fsp3) is 0.692. The molecule has 1 unspecified atom stereocenters. The summed E-state index contributed by atoms with van der Waals surface area (Å²) in [7, 11) is 0. The summed E-state index contributed by atoms with van der Waals surface area (Å²) in [6, 6.07) is 1.93. The van der Waals surface area contributed by atoms with Gasteiger partial charge in [0.15, 0.2) is 0 Å². The van der Waals surface area contributed by atoms with Gasteiger partial charge in [0.05, 0.1) is 0 Å². The molecule has 0 fully saturated rings.